The maximum Gasteiger partial charge on any atom is 0.216 e. The number of aromatic nitrogens is 3. The molecule has 1 aliphatic heterocycles. The third-order valence-corrected chi connectivity index (χ3v) is 7.57. The van der Waals surface area contributed by atoms with Crippen LogP contribution in [0.2, 0.25) is 0 Å². The van der Waals surface area contributed by atoms with E-state index in [4.69, 9.17) is 14.8 Å². The largest absolute Gasteiger partial charge is 0.494 e. The molecule has 0 spiro atoms. The zero-order valence-electron chi connectivity index (χ0n) is 19.2. The first kappa shape index (κ1) is 21.5. The van der Waals surface area contributed by atoms with E-state index >= 15 is 0 Å². The van der Waals surface area contributed by atoms with Gasteiger partial charge < -0.3 is 19.9 Å². The lowest BCUT2D eigenvalue weighted by molar-refractivity contribution is 0.312. The summed E-state index contributed by atoms with van der Waals surface area (Å²) in [4.78, 5) is 10.8. The van der Waals surface area contributed by atoms with Crippen molar-refractivity contribution in [3.63, 3.8) is 0 Å². The number of ether oxygens (including phenoxy) is 1. The Hall–Kier alpha value is -2.32. The second kappa shape index (κ2) is 9.67. The van der Waals surface area contributed by atoms with Crippen LogP contribution in [0.5, 0.6) is 5.75 Å². The van der Waals surface area contributed by atoms with Crippen molar-refractivity contribution in [2.24, 2.45) is 0 Å². The van der Waals surface area contributed by atoms with Crippen LogP contribution in [0.1, 0.15) is 45.4 Å². The monoisotopic (exact) mass is 454 g/mol. The van der Waals surface area contributed by atoms with E-state index in [1.165, 1.54) is 38.5 Å². The molecule has 0 atom stereocenters. The second-order valence-corrected chi connectivity index (χ2v) is 9.90. The number of fused-ring (bicyclic) bond motifs is 1. The lowest BCUT2D eigenvalue weighted by Crippen LogP contribution is -2.44. The summed E-state index contributed by atoms with van der Waals surface area (Å²) in [5, 5.41) is 9.97. The van der Waals surface area contributed by atoms with Crippen LogP contribution in [-0.4, -0.2) is 65.4 Å². The Morgan fingerprint density at radius 1 is 1.03 bits per heavy atom. The summed E-state index contributed by atoms with van der Waals surface area (Å²) in [6.45, 7) is 6.87. The molecule has 2 aliphatic rings. The van der Waals surface area contributed by atoms with Crippen LogP contribution >= 0.6 is 11.3 Å². The van der Waals surface area contributed by atoms with Crippen molar-refractivity contribution in [2.75, 3.05) is 50.1 Å². The topological polar surface area (TPSA) is 57.9 Å². The SMILES string of the molecule is CCOc1ccc(-c2nc3sc(N4CCN(C)CC4)nn3c2NC2CCCCCC2)cc1. The predicted molar refractivity (Wildman–Crippen MR) is 132 cm³/mol. The number of nitrogens with one attached hydrogen (secondary N) is 1. The zero-order chi connectivity index (χ0) is 21.9. The van der Waals surface area contributed by atoms with Gasteiger partial charge in [0.2, 0.25) is 10.1 Å². The summed E-state index contributed by atoms with van der Waals surface area (Å²) in [5.74, 6) is 1.93. The van der Waals surface area contributed by atoms with E-state index in [1.54, 1.807) is 11.3 Å². The van der Waals surface area contributed by atoms with Gasteiger partial charge in [-0.3, -0.25) is 0 Å². The van der Waals surface area contributed by atoms with Crippen LogP contribution < -0.4 is 15.0 Å². The number of anilines is 2. The molecule has 5 rings (SSSR count). The lowest BCUT2D eigenvalue weighted by atomic mass is 10.1. The predicted octanol–water partition coefficient (Wildman–Crippen LogP) is 4.74. The van der Waals surface area contributed by atoms with Gasteiger partial charge in [-0.1, -0.05) is 37.0 Å². The van der Waals surface area contributed by atoms with Gasteiger partial charge >= 0.3 is 0 Å². The summed E-state index contributed by atoms with van der Waals surface area (Å²) >= 11 is 1.70. The number of imidazole rings is 1. The molecule has 0 unspecified atom stereocenters. The van der Waals surface area contributed by atoms with E-state index in [9.17, 15) is 0 Å². The molecule has 1 saturated carbocycles. The molecule has 0 amide bonds. The van der Waals surface area contributed by atoms with Crippen LogP contribution in [0.15, 0.2) is 24.3 Å². The molecule has 32 heavy (non-hydrogen) atoms. The first-order valence-electron chi connectivity index (χ1n) is 12.0. The summed E-state index contributed by atoms with van der Waals surface area (Å²) in [7, 11) is 2.18. The van der Waals surface area contributed by atoms with Gasteiger partial charge in [0, 0.05) is 37.8 Å². The van der Waals surface area contributed by atoms with E-state index in [2.05, 4.69) is 38.8 Å². The Bertz CT molecular complexity index is 1010. The van der Waals surface area contributed by atoms with Gasteiger partial charge in [-0.2, -0.15) is 4.52 Å². The minimum Gasteiger partial charge on any atom is -0.494 e. The molecule has 2 aromatic heterocycles. The summed E-state index contributed by atoms with van der Waals surface area (Å²) < 4.78 is 7.69. The Morgan fingerprint density at radius 3 is 2.44 bits per heavy atom. The first-order valence-corrected chi connectivity index (χ1v) is 12.9. The number of benzene rings is 1. The van der Waals surface area contributed by atoms with E-state index in [0.29, 0.717) is 12.6 Å². The molecule has 0 bridgehead atoms. The number of hydrogen-bond acceptors (Lipinski definition) is 7. The molecule has 0 radical (unpaired) electrons. The highest BCUT2D eigenvalue weighted by Gasteiger charge is 2.24. The van der Waals surface area contributed by atoms with E-state index in [-0.39, 0.29) is 0 Å². The zero-order valence-corrected chi connectivity index (χ0v) is 20.0. The highest BCUT2D eigenvalue weighted by atomic mass is 32.1. The molecule has 2 fully saturated rings. The summed E-state index contributed by atoms with van der Waals surface area (Å²) in [6, 6.07) is 8.76. The molecule has 7 nitrogen and oxygen atoms in total. The van der Waals surface area contributed by atoms with Gasteiger partial charge in [-0.15, -0.1) is 5.10 Å². The molecule has 1 saturated heterocycles. The molecule has 8 heteroatoms. The Labute approximate surface area is 194 Å². The minimum absolute atomic E-state index is 0.479. The minimum atomic E-state index is 0.479. The van der Waals surface area contributed by atoms with Gasteiger partial charge in [0.25, 0.3) is 0 Å². The fraction of sp³-hybridized carbons (Fsp3) is 0.583. The van der Waals surface area contributed by atoms with Crippen molar-refractivity contribution in [3.05, 3.63) is 24.3 Å². The molecule has 3 heterocycles. The number of nitrogens with zero attached hydrogens (tertiary/aromatic N) is 5. The molecule has 1 aliphatic carbocycles. The highest BCUT2D eigenvalue weighted by Crippen LogP contribution is 2.35. The van der Waals surface area contributed by atoms with Crippen molar-refractivity contribution in [2.45, 2.75) is 51.5 Å². The number of likely N-dealkylation sites (N-methyl/N-ethyl adjacent to an activating group) is 1. The van der Waals surface area contributed by atoms with Gasteiger partial charge in [0.05, 0.1) is 6.61 Å². The molecule has 3 aromatic rings. The number of rotatable bonds is 6. The second-order valence-electron chi connectivity index (χ2n) is 8.97. The van der Waals surface area contributed by atoms with Gasteiger partial charge in [-0.05, 0) is 51.1 Å². The average molecular weight is 455 g/mol. The van der Waals surface area contributed by atoms with Crippen LogP contribution in [0.3, 0.4) is 0 Å². The van der Waals surface area contributed by atoms with E-state index < -0.39 is 0 Å². The van der Waals surface area contributed by atoms with E-state index in [1.807, 2.05) is 19.1 Å². The molecule has 172 valence electrons. The van der Waals surface area contributed by atoms with Crippen LogP contribution in [0.4, 0.5) is 10.9 Å². The third-order valence-electron chi connectivity index (χ3n) is 6.60. The molecule has 1 N–H and O–H groups in total. The fourth-order valence-corrected chi connectivity index (χ4v) is 5.64. The Morgan fingerprint density at radius 2 is 1.75 bits per heavy atom. The Balaban J connectivity index is 1.49. The number of hydrogen-bond donors (Lipinski definition) is 1. The first-order chi connectivity index (χ1) is 15.7. The van der Waals surface area contributed by atoms with Crippen LogP contribution in [0.25, 0.3) is 16.2 Å². The Kier molecular flexibility index (Phi) is 6.50. The third kappa shape index (κ3) is 4.57. The van der Waals surface area contributed by atoms with Gasteiger partial charge in [0.1, 0.15) is 11.4 Å². The van der Waals surface area contributed by atoms with E-state index in [0.717, 1.165) is 59.1 Å². The molecule has 1 aromatic carbocycles. The normalized spacial score (nSPS) is 18.8. The van der Waals surface area contributed by atoms with Crippen LogP contribution in [0, 0.1) is 0 Å². The van der Waals surface area contributed by atoms with Crippen molar-refractivity contribution in [3.8, 4) is 17.0 Å². The fourth-order valence-electron chi connectivity index (χ4n) is 4.69. The summed E-state index contributed by atoms with van der Waals surface area (Å²) in [5.41, 5.74) is 2.09. The molecular formula is C24H34N6OS. The van der Waals surface area contributed by atoms with Crippen molar-refractivity contribution >= 4 is 27.2 Å². The maximum atomic E-state index is 5.64. The smallest absolute Gasteiger partial charge is 0.216 e. The highest BCUT2D eigenvalue weighted by molar-refractivity contribution is 7.20. The van der Waals surface area contributed by atoms with Crippen molar-refractivity contribution in [1.82, 2.24) is 19.5 Å². The standard InChI is InChI=1S/C24H34N6OS/c1-3-31-20-12-10-18(11-13-20)21-22(25-19-8-6-4-5-7-9-19)30-23(26-21)32-24(27-30)29-16-14-28(2)15-17-29/h10-13,19,25H,3-9,14-17H2,1-2H3. The average Bonchev–Trinajstić information content (AvgIpc) is 3.24. The maximum absolute atomic E-state index is 5.64. The van der Waals surface area contributed by atoms with Crippen molar-refractivity contribution < 1.29 is 4.74 Å². The number of piperazine rings is 1. The summed E-state index contributed by atoms with van der Waals surface area (Å²) in [6.07, 6.45) is 7.70. The van der Waals surface area contributed by atoms with Gasteiger partial charge in [-0.25, -0.2) is 4.98 Å². The molecular weight excluding hydrogens is 420 g/mol. The van der Waals surface area contributed by atoms with Crippen molar-refractivity contribution in [1.29, 1.82) is 0 Å². The van der Waals surface area contributed by atoms with Gasteiger partial charge in [0.15, 0.2) is 5.82 Å². The van der Waals surface area contributed by atoms with Crippen LogP contribution in [-0.2, 0) is 0 Å². The lowest BCUT2D eigenvalue weighted by Gasteiger charge is -2.31. The quantitative estimate of drug-likeness (QED) is 0.543.